The molecule has 1 aromatic carbocycles. The van der Waals surface area contributed by atoms with Crippen molar-refractivity contribution in [1.29, 1.82) is 0 Å². The van der Waals surface area contributed by atoms with E-state index in [0.717, 1.165) is 6.20 Å². The van der Waals surface area contributed by atoms with E-state index in [1.807, 2.05) is 0 Å². The Morgan fingerprint density at radius 1 is 1.31 bits per heavy atom. The number of H-pyrrole nitrogens is 1. The first-order chi connectivity index (χ1) is 12.5. The van der Waals surface area contributed by atoms with Gasteiger partial charge in [0.2, 0.25) is 5.69 Å². The van der Waals surface area contributed by atoms with Crippen molar-refractivity contribution < 1.29 is 19.4 Å². The predicted octanol–water partition coefficient (Wildman–Crippen LogP) is 1.14. The van der Waals surface area contributed by atoms with Gasteiger partial charge < -0.3 is 15.4 Å². The number of hydrogen-bond donors (Lipinski definition) is 3. The summed E-state index contributed by atoms with van der Waals surface area (Å²) in [4.78, 5) is 33.0. The molecule has 1 amide bonds. The number of carbonyl (C=O) groups is 1. The second-order valence-electron chi connectivity index (χ2n) is 5.42. The molecule has 0 spiro atoms. The first-order valence-electron chi connectivity index (χ1n) is 7.57. The largest absolute Gasteiger partial charge is 0.371 e. The van der Waals surface area contributed by atoms with E-state index in [2.05, 4.69) is 20.8 Å². The monoisotopic (exact) mass is 362 g/mol. The highest BCUT2D eigenvalue weighted by Gasteiger charge is 2.27. The number of nitro benzene ring substituents is 1. The summed E-state index contributed by atoms with van der Waals surface area (Å²) in [5, 5.41) is 33.4. The van der Waals surface area contributed by atoms with Crippen molar-refractivity contribution in [1.82, 2.24) is 15.5 Å². The topological polar surface area (TPSA) is 165 Å². The van der Waals surface area contributed by atoms with Gasteiger partial charge in [0.25, 0.3) is 11.6 Å². The van der Waals surface area contributed by atoms with Gasteiger partial charge >= 0.3 is 5.69 Å². The number of aromatic nitrogens is 2. The van der Waals surface area contributed by atoms with Crippen LogP contribution in [0.15, 0.2) is 24.4 Å². The van der Waals surface area contributed by atoms with Crippen LogP contribution in [0.25, 0.3) is 0 Å². The number of nitro groups is 2. The molecule has 1 aromatic heterocycles. The molecule has 3 rings (SSSR count). The quantitative estimate of drug-likeness (QED) is 0.526. The molecule has 0 saturated carbocycles. The minimum Gasteiger partial charge on any atom is -0.371 e. The molecular formula is C14H14N6O6. The van der Waals surface area contributed by atoms with E-state index in [1.54, 1.807) is 0 Å². The fraction of sp³-hybridized carbons (Fsp3) is 0.286. The number of hydrogen-bond acceptors (Lipinski definition) is 8. The average Bonchev–Trinajstić information content (AvgIpc) is 3.12. The van der Waals surface area contributed by atoms with Gasteiger partial charge in [-0.1, -0.05) is 0 Å². The Hall–Kier alpha value is -3.38. The van der Waals surface area contributed by atoms with Gasteiger partial charge in [-0.3, -0.25) is 30.1 Å². The number of non-ortho nitro benzene ring substituents is 1. The number of aromatic amines is 1. The lowest BCUT2D eigenvalue weighted by molar-refractivity contribution is -0.385. The molecule has 0 bridgehead atoms. The number of carbonyl (C=O) groups excluding carboxylic acids is 1. The van der Waals surface area contributed by atoms with E-state index in [-0.39, 0.29) is 11.4 Å². The second-order valence-corrected chi connectivity index (χ2v) is 5.42. The van der Waals surface area contributed by atoms with E-state index in [1.165, 1.54) is 18.2 Å². The highest BCUT2D eigenvalue weighted by molar-refractivity contribution is 6.06. The molecule has 3 N–H and O–H groups in total. The van der Waals surface area contributed by atoms with E-state index >= 15 is 0 Å². The molecule has 0 radical (unpaired) electrons. The van der Waals surface area contributed by atoms with Crippen molar-refractivity contribution >= 4 is 23.0 Å². The summed E-state index contributed by atoms with van der Waals surface area (Å²) in [7, 11) is 0. The molecule has 2 aromatic rings. The number of amides is 1. The van der Waals surface area contributed by atoms with Crippen molar-refractivity contribution in [2.24, 2.45) is 0 Å². The zero-order chi connectivity index (χ0) is 18.7. The molecule has 1 unspecified atom stereocenters. The fourth-order valence-electron chi connectivity index (χ4n) is 2.58. The molecule has 1 saturated heterocycles. The van der Waals surface area contributed by atoms with Crippen LogP contribution in [0, 0.1) is 20.2 Å². The molecule has 1 aliphatic heterocycles. The predicted molar refractivity (Wildman–Crippen MR) is 87.9 cm³/mol. The Kier molecular flexibility index (Phi) is 4.86. The highest BCUT2D eigenvalue weighted by Crippen LogP contribution is 2.31. The van der Waals surface area contributed by atoms with Crippen molar-refractivity contribution in [2.45, 2.75) is 6.10 Å². The number of morpholine rings is 1. The van der Waals surface area contributed by atoms with E-state index in [9.17, 15) is 25.0 Å². The van der Waals surface area contributed by atoms with Crippen LogP contribution in [0.3, 0.4) is 0 Å². The summed E-state index contributed by atoms with van der Waals surface area (Å²) in [6, 6.07) is 3.98. The maximum atomic E-state index is 12.4. The molecule has 1 aliphatic rings. The van der Waals surface area contributed by atoms with Crippen molar-refractivity contribution in [3.05, 3.63) is 55.9 Å². The smallest absolute Gasteiger partial charge is 0.319 e. The number of nitrogens with zero attached hydrogens (tertiary/aromatic N) is 3. The number of rotatable bonds is 5. The van der Waals surface area contributed by atoms with E-state index in [4.69, 9.17) is 4.74 Å². The lowest BCUT2D eigenvalue weighted by Crippen LogP contribution is -2.33. The van der Waals surface area contributed by atoms with Gasteiger partial charge in [0.05, 0.1) is 28.2 Å². The molecule has 12 nitrogen and oxygen atoms in total. The van der Waals surface area contributed by atoms with Gasteiger partial charge in [-0.05, 0) is 6.07 Å². The Labute approximate surface area is 145 Å². The number of benzene rings is 1. The van der Waals surface area contributed by atoms with Gasteiger partial charge in [-0.2, -0.15) is 5.10 Å². The van der Waals surface area contributed by atoms with Crippen LogP contribution in [-0.4, -0.2) is 45.6 Å². The van der Waals surface area contributed by atoms with Crippen LogP contribution < -0.4 is 10.6 Å². The summed E-state index contributed by atoms with van der Waals surface area (Å²) in [6.45, 7) is 1.58. The summed E-state index contributed by atoms with van der Waals surface area (Å²) in [5.41, 5.74) is -0.492. The highest BCUT2D eigenvalue weighted by atomic mass is 16.6. The Morgan fingerprint density at radius 3 is 2.77 bits per heavy atom. The Morgan fingerprint density at radius 2 is 2.12 bits per heavy atom. The molecule has 0 aliphatic carbocycles. The minimum absolute atomic E-state index is 0.134. The SMILES string of the molecule is O=C(Nc1cc([N+](=O)[O-])ccc1C1CNCCO1)c1n[nH]cc1[N+](=O)[O-]. The average molecular weight is 362 g/mol. The molecule has 1 atom stereocenters. The molecule has 2 heterocycles. The standard InChI is InChI=1S/C14H14N6O6/c21-14(13-11(20(24)25)6-16-18-13)17-10-5-8(19(22)23)1-2-9(10)12-7-15-3-4-26-12/h1-2,5-6,12,15H,3-4,7H2,(H,16,18)(H,17,21). The summed E-state index contributed by atoms with van der Waals surface area (Å²) < 4.78 is 5.63. The third-order valence-electron chi connectivity index (χ3n) is 3.80. The fourth-order valence-corrected chi connectivity index (χ4v) is 2.58. The molecule has 136 valence electrons. The maximum absolute atomic E-state index is 12.4. The van der Waals surface area contributed by atoms with Crippen LogP contribution in [0.4, 0.5) is 17.1 Å². The molecule has 1 fully saturated rings. The number of ether oxygens (including phenoxy) is 1. The molecule has 12 heteroatoms. The zero-order valence-electron chi connectivity index (χ0n) is 13.3. The Bertz CT molecular complexity index is 859. The van der Waals surface area contributed by atoms with E-state index < -0.39 is 33.2 Å². The Balaban J connectivity index is 1.94. The lowest BCUT2D eigenvalue weighted by Gasteiger charge is -2.25. The van der Waals surface area contributed by atoms with Crippen LogP contribution in [-0.2, 0) is 4.74 Å². The van der Waals surface area contributed by atoms with Crippen molar-refractivity contribution in [3.8, 4) is 0 Å². The minimum atomic E-state index is -0.858. The molecular weight excluding hydrogens is 348 g/mol. The van der Waals surface area contributed by atoms with E-state index in [0.29, 0.717) is 25.3 Å². The normalized spacial score (nSPS) is 16.8. The summed E-state index contributed by atoms with van der Waals surface area (Å²) in [6.07, 6.45) is 0.561. The van der Waals surface area contributed by atoms with Crippen LogP contribution in [0.1, 0.15) is 22.2 Å². The van der Waals surface area contributed by atoms with Gasteiger partial charge in [0.15, 0.2) is 0 Å². The summed E-state index contributed by atoms with van der Waals surface area (Å²) >= 11 is 0. The first kappa shape index (κ1) is 17.4. The second kappa shape index (κ2) is 7.25. The van der Waals surface area contributed by atoms with Crippen molar-refractivity contribution in [2.75, 3.05) is 25.0 Å². The van der Waals surface area contributed by atoms with Gasteiger partial charge in [-0.25, -0.2) is 0 Å². The third kappa shape index (κ3) is 3.50. The van der Waals surface area contributed by atoms with Gasteiger partial charge in [-0.15, -0.1) is 0 Å². The van der Waals surface area contributed by atoms with Crippen LogP contribution >= 0.6 is 0 Å². The maximum Gasteiger partial charge on any atom is 0.319 e. The lowest BCUT2D eigenvalue weighted by atomic mass is 10.0. The van der Waals surface area contributed by atoms with Gasteiger partial charge in [0.1, 0.15) is 6.20 Å². The summed E-state index contributed by atoms with van der Waals surface area (Å²) in [5.74, 6) is -0.858. The van der Waals surface area contributed by atoms with Crippen LogP contribution in [0.5, 0.6) is 0 Å². The number of anilines is 1. The first-order valence-corrected chi connectivity index (χ1v) is 7.57. The molecule has 26 heavy (non-hydrogen) atoms. The van der Waals surface area contributed by atoms with Crippen molar-refractivity contribution in [3.63, 3.8) is 0 Å². The number of nitrogens with one attached hydrogen (secondary N) is 3. The van der Waals surface area contributed by atoms with Gasteiger partial charge in [0, 0.05) is 30.8 Å². The zero-order valence-corrected chi connectivity index (χ0v) is 13.3. The van der Waals surface area contributed by atoms with Crippen LogP contribution in [0.2, 0.25) is 0 Å². The third-order valence-corrected chi connectivity index (χ3v) is 3.80.